The van der Waals surface area contributed by atoms with Gasteiger partial charge in [-0.3, -0.25) is 4.90 Å². The van der Waals surface area contributed by atoms with Gasteiger partial charge < -0.3 is 5.73 Å². The van der Waals surface area contributed by atoms with E-state index in [0.29, 0.717) is 18.0 Å². The summed E-state index contributed by atoms with van der Waals surface area (Å²) in [7, 11) is 0. The zero-order valence-corrected chi connectivity index (χ0v) is 13.8. The second-order valence-electron chi connectivity index (χ2n) is 7.01. The lowest BCUT2D eigenvalue weighted by Gasteiger charge is -2.30. The van der Waals surface area contributed by atoms with Gasteiger partial charge in [-0.1, -0.05) is 20.8 Å². The predicted octanol–water partition coefficient (Wildman–Crippen LogP) is 3.78. The SMILES string of the molecule is CC(C)N1CCC(CN)C1c1ccc(C(C)(C)C)s1. The number of hydrogen-bond acceptors (Lipinski definition) is 3. The molecule has 0 aliphatic carbocycles. The molecule has 0 bridgehead atoms. The third-order valence-electron chi connectivity index (χ3n) is 4.19. The van der Waals surface area contributed by atoms with Crippen LogP contribution in [0.2, 0.25) is 0 Å². The van der Waals surface area contributed by atoms with Gasteiger partial charge in [-0.15, -0.1) is 11.3 Å². The number of thiophene rings is 1. The van der Waals surface area contributed by atoms with Crippen molar-refractivity contribution in [3.8, 4) is 0 Å². The van der Waals surface area contributed by atoms with Crippen molar-refractivity contribution >= 4 is 11.3 Å². The summed E-state index contributed by atoms with van der Waals surface area (Å²) in [6.07, 6.45) is 1.24. The quantitative estimate of drug-likeness (QED) is 0.913. The first kappa shape index (κ1) is 15.0. The Kier molecular flexibility index (Phi) is 4.38. The van der Waals surface area contributed by atoms with Gasteiger partial charge in [0.15, 0.2) is 0 Å². The van der Waals surface area contributed by atoms with Crippen LogP contribution in [0.25, 0.3) is 0 Å². The maximum Gasteiger partial charge on any atom is 0.0484 e. The van der Waals surface area contributed by atoms with Gasteiger partial charge in [0, 0.05) is 21.8 Å². The van der Waals surface area contributed by atoms with Gasteiger partial charge in [-0.25, -0.2) is 0 Å². The molecule has 1 aliphatic heterocycles. The normalized spacial score (nSPS) is 25.4. The highest BCUT2D eigenvalue weighted by molar-refractivity contribution is 7.12. The summed E-state index contributed by atoms with van der Waals surface area (Å²) in [5.41, 5.74) is 6.25. The molecule has 1 aromatic rings. The molecule has 1 aliphatic rings. The predicted molar refractivity (Wildman–Crippen MR) is 84.8 cm³/mol. The Morgan fingerprint density at radius 2 is 2.05 bits per heavy atom. The maximum absolute atomic E-state index is 5.99. The van der Waals surface area contributed by atoms with E-state index < -0.39 is 0 Å². The average Bonchev–Trinajstić information content (AvgIpc) is 2.93. The summed E-state index contributed by atoms with van der Waals surface area (Å²) < 4.78 is 0. The molecule has 2 heterocycles. The van der Waals surface area contributed by atoms with Gasteiger partial charge in [0.25, 0.3) is 0 Å². The minimum Gasteiger partial charge on any atom is -0.330 e. The van der Waals surface area contributed by atoms with Crippen molar-refractivity contribution < 1.29 is 0 Å². The van der Waals surface area contributed by atoms with Crippen molar-refractivity contribution in [2.45, 2.75) is 58.5 Å². The molecule has 19 heavy (non-hydrogen) atoms. The van der Waals surface area contributed by atoms with Crippen LogP contribution < -0.4 is 5.73 Å². The van der Waals surface area contributed by atoms with E-state index in [-0.39, 0.29) is 5.41 Å². The van der Waals surface area contributed by atoms with Crippen LogP contribution in [0.1, 0.15) is 56.8 Å². The van der Waals surface area contributed by atoms with Crippen LogP contribution in [0.5, 0.6) is 0 Å². The smallest absolute Gasteiger partial charge is 0.0484 e. The van der Waals surface area contributed by atoms with E-state index in [1.54, 1.807) is 0 Å². The van der Waals surface area contributed by atoms with E-state index in [1.807, 2.05) is 11.3 Å². The molecule has 1 saturated heterocycles. The van der Waals surface area contributed by atoms with Crippen molar-refractivity contribution in [3.63, 3.8) is 0 Å². The molecule has 2 unspecified atom stereocenters. The van der Waals surface area contributed by atoms with Crippen LogP contribution in [0, 0.1) is 5.92 Å². The van der Waals surface area contributed by atoms with E-state index in [9.17, 15) is 0 Å². The van der Waals surface area contributed by atoms with Gasteiger partial charge >= 0.3 is 0 Å². The molecule has 3 heteroatoms. The lowest BCUT2D eigenvalue weighted by Crippen LogP contribution is -2.32. The Hall–Kier alpha value is -0.380. The van der Waals surface area contributed by atoms with E-state index in [2.05, 4.69) is 51.7 Å². The molecule has 2 N–H and O–H groups in total. The molecule has 1 aromatic heterocycles. The number of nitrogens with zero attached hydrogens (tertiary/aromatic N) is 1. The summed E-state index contributed by atoms with van der Waals surface area (Å²) >= 11 is 1.98. The molecule has 0 saturated carbocycles. The molecule has 0 aromatic carbocycles. The van der Waals surface area contributed by atoms with Gasteiger partial charge in [-0.05, 0) is 56.8 Å². The van der Waals surface area contributed by atoms with Crippen molar-refractivity contribution in [1.29, 1.82) is 0 Å². The van der Waals surface area contributed by atoms with E-state index in [1.165, 1.54) is 22.7 Å². The topological polar surface area (TPSA) is 29.3 Å². The third kappa shape index (κ3) is 3.04. The van der Waals surface area contributed by atoms with E-state index in [4.69, 9.17) is 5.73 Å². The number of rotatable bonds is 3. The van der Waals surface area contributed by atoms with Crippen molar-refractivity contribution in [3.05, 3.63) is 21.9 Å². The minimum atomic E-state index is 0.252. The van der Waals surface area contributed by atoms with Crippen molar-refractivity contribution in [2.75, 3.05) is 13.1 Å². The zero-order valence-electron chi connectivity index (χ0n) is 12.9. The van der Waals surface area contributed by atoms with Crippen LogP contribution in [0.4, 0.5) is 0 Å². The highest BCUT2D eigenvalue weighted by atomic mass is 32.1. The van der Waals surface area contributed by atoms with Crippen LogP contribution >= 0.6 is 11.3 Å². The zero-order chi connectivity index (χ0) is 14.2. The van der Waals surface area contributed by atoms with Crippen LogP contribution in [0.3, 0.4) is 0 Å². The van der Waals surface area contributed by atoms with Gasteiger partial charge in [0.05, 0.1) is 0 Å². The fraction of sp³-hybridized carbons (Fsp3) is 0.750. The largest absolute Gasteiger partial charge is 0.330 e. The average molecular weight is 280 g/mol. The highest BCUT2D eigenvalue weighted by Gasteiger charge is 2.36. The third-order valence-corrected chi connectivity index (χ3v) is 5.77. The lowest BCUT2D eigenvalue weighted by atomic mass is 9.94. The van der Waals surface area contributed by atoms with Crippen LogP contribution in [0.15, 0.2) is 12.1 Å². The first-order chi connectivity index (χ1) is 8.84. The minimum absolute atomic E-state index is 0.252. The van der Waals surface area contributed by atoms with Gasteiger partial charge in [-0.2, -0.15) is 0 Å². The number of nitrogens with two attached hydrogens (primary N) is 1. The first-order valence-corrected chi connectivity index (χ1v) is 8.22. The van der Waals surface area contributed by atoms with E-state index >= 15 is 0 Å². The summed E-state index contributed by atoms with van der Waals surface area (Å²) in [6, 6.07) is 5.77. The molecule has 2 nitrogen and oxygen atoms in total. The fourth-order valence-electron chi connectivity index (χ4n) is 3.02. The summed E-state index contributed by atoms with van der Waals surface area (Å²) in [4.78, 5) is 5.61. The summed E-state index contributed by atoms with van der Waals surface area (Å²) in [5, 5.41) is 0. The lowest BCUT2D eigenvalue weighted by molar-refractivity contribution is 0.187. The highest BCUT2D eigenvalue weighted by Crippen LogP contribution is 2.42. The maximum atomic E-state index is 5.99. The Morgan fingerprint density at radius 1 is 1.37 bits per heavy atom. The second kappa shape index (κ2) is 5.55. The van der Waals surface area contributed by atoms with Crippen LogP contribution in [-0.4, -0.2) is 24.0 Å². The molecule has 108 valence electrons. The standard InChI is InChI=1S/C16H28N2S/c1-11(2)18-9-8-12(10-17)15(18)13-6-7-14(19-13)16(3,4)5/h6-7,11-12,15H,8-10,17H2,1-5H3. The molecule has 2 rings (SSSR count). The fourth-order valence-corrected chi connectivity index (χ4v) is 4.30. The second-order valence-corrected chi connectivity index (χ2v) is 8.13. The Morgan fingerprint density at radius 3 is 2.53 bits per heavy atom. The molecule has 2 atom stereocenters. The molecule has 1 fully saturated rings. The Bertz CT molecular complexity index is 417. The Labute approximate surface area is 122 Å². The summed E-state index contributed by atoms with van der Waals surface area (Å²) in [6.45, 7) is 13.5. The van der Waals surface area contributed by atoms with Crippen molar-refractivity contribution in [2.24, 2.45) is 11.7 Å². The van der Waals surface area contributed by atoms with Gasteiger partial charge in [0.1, 0.15) is 0 Å². The Balaban J connectivity index is 2.29. The summed E-state index contributed by atoms with van der Waals surface area (Å²) in [5.74, 6) is 0.619. The van der Waals surface area contributed by atoms with Crippen molar-refractivity contribution in [1.82, 2.24) is 4.90 Å². The molecular weight excluding hydrogens is 252 g/mol. The first-order valence-electron chi connectivity index (χ1n) is 7.40. The van der Waals surface area contributed by atoms with E-state index in [0.717, 1.165) is 6.54 Å². The van der Waals surface area contributed by atoms with Crippen LogP contribution in [-0.2, 0) is 5.41 Å². The molecule has 0 amide bonds. The molecule has 0 spiro atoms. The molecular formula is C16H28N2S. The monoisotopic (exact) mass is 280 g/mol. The van der Waals surface area contributed by atoms with Gasteiger partial charge in [0.2, 0.25) is 0 Å². The number of hydrogen-bond donors (Lipinski definition) is 1. The number of likely N-dealkylation sites (tertiary alicyclic amines) is 1. The molecule has 0 radical (unpaired) electrons.